The predicted molar refractivity (Wildman–Crippen MR) is 108 cm³/mol. The van der Waals surface area contributed by atoms with Gasteiger partial charge in [-0.2, -0.15) is 4.98 Å². The van der Waals surface area contributed by atoms with Crippen LogP contribution in [-0.2, 0) is 0 Å². The molecule has 0 saturated carbocycles. The summed E-state index contributed by atoms with van der Waals surface area (Å²) in [6, 6.07) is 10.6. The number of aromatic nitrogens is 3. The first-order chi connectivity index (χ1) is 13.4. The van der Waals surface area contributed by atoms with E-state index in [1.54, 1.807) is 18.2 Å². The number of pyridine rings is 1. The van der Waals surface area contributed by atoms with E-state index in [1.165, 1.54) is 6.20 Å². The van der Waals surface area contributed by atoms with Crippen LogP contribution in [0.3, 0.4) is 0 Å². The van der Waals surface area contributed by atoms with Crippen LogP contribution in [0.5, 0.6) is 5.88 Å². The number of nitrogens with two attached hydrogens (primary N) is 2. The lowest BCUT2D eigenvalue weighted by Gasteiger charge is -2.11. The number of carbonyl (C=O) groups excluding carboxylic acids is 1. The van der Waals surface area contributed by atoms with Crippen LogP contribution in [0.2, 0.25) is 5.02 Å². The Kier molecular flexibility index (Phi) is 5.90. The molecule has 0 saturated heterocycles. The number of nitrogen functional groups attached to an aromatic ring is 1. The van der Waals surface area contributed by atoms with Gasteiger partial charge in [-0.3, -0.25) is 4.79 Å². The molecule has 0 bridgehead atoms. The average Bonchev–Trinajstić information content (AvgIpc) is 2.67. The highest BCUT2D eigenvalue weighted by Gasteiger charge is 2.09. The first-order valence-corrected chi connectivity index (χ1v) is 8.84. The molecule has 0 unspecified atom stereocenters. The van der Waals surface area contributed by atoms with Crippen LogP contribution in [0.25, 0.3) is 11.3 Å². The molecule has 8 nitrogen and oxygen atoms in total. The third kappa shape index (κ3) is 4.66. The Labute approximate surface area is 166 Å². The molecule has 5 N–H and O–H groups in total. The van der Waals surface area contributed by atoms with Crippen LogP contribution in [0, 0.1) is 6.92 Å². The largest absolute Gasteiger partial charge is 0.476 e. The van der Waals surface area contributed by atoms with Gasteiger partial charge in [-0.1, -0.05) is 23.7 Å². The van der Waals surface area contributed by atoms with Gasteiger partial charge in [0.2, 0.25) is 17.7 Å². The molecule has 2 aromatic heterocycles. The highest BCUT2D eigenvalue weighted by molar-refractivity contribution is 6.31. The van der Waals surface area contributed by atoms with E-state index in [0.29, 0.717) is 41.1 Å². The SMILES string of the molecule is Cc1c(Cl)cccc1-c1cc(NCCOc2ccc(C(N)=O)cn2)nc(N)n1. The summed E-state index contributed by atoms with van der Waals surface area (Å²) in [5, 5.41) is 3.80. The molecule has 3 aromatic rings. The number of amides is 1. The van der Waals surface area contributed by atoms with Gasteiger partial charge in [-0.05, 0) is 24.6 Å². The summed E-state index contributed by atoms with van der Waals surface area (Å²) in [4.78, 5) is 23.5. The van der Waals surface area contributed by atoms with Gasteiger partial charge in [0.15, 0.2) is 0 Å². The molecular weight excluding hydrogens is 380 g/mol. The summed E-state index contributed by atoms with van der Waals surface area (Å²) >= 11 is 6.19. The number of primary amides is 1. The number of benzene rings is 1. The first kappa shape index (κ1) is 19.4. The van der Waals surface area contributed by atoms with Gasteiger partial charge >= 0.3 is 0 Å². The lowest BCUT2D eigenvalue weighted by atomic mass is 10.1. The molecule has 2 heterocycles. The van der Waals surface area contributed by atoms with Crippen molar-refractivity contribution >= 4 is 29.3 Å². The van der Waals surface area contributed by atoms with E-state index < -0.39 is 5.91 Å². The van der Waals surface area contributed by atoms with E-state index in [4.69, 9.17) is 27.8 Å². The monoisotopic (exact) mass is 398 g/mol. The maximum atomic E-state index is 11.0. The molecule has 1 amide bonds. The van der Waals surface area contributed by atoms with Crippen molar-refractivity contribution in [2.24, 2.45) is 5.73 Å². The van der Waals surface area contributed by atoms with Gasteiger partial charge in [-0.15, -0.1) is 0 Å². The molecular formula is C19H19ClN6O2. The van der Waals surface area contributed by atoms with E-state index >= 15 is 0 Å². The lowest BCUT2D eigenvalue weighted by molar-refractivity contribution is 0.1000. The van der Waals surface area contributed by atoms with Crippen molar-refractivity contribution in [2.45, 2.75) is 6.92 Å². The van der Waals surface area contributed by atoms with Gasteiger partial charge in [0.25, 0.3) is 0 Å². The summed E-state index contributed by atoms with van der Waals surface area (Å²) in [7, 11) is 0. The second-order valence-corrected chi connectivity index (χ2v) is 6.34. The van der Waals surface area contributed by atoms with E-state index in [1.807, 2.05) is 25.1 Å². The average molecular weight is 399 g/mol. The first-order valence-electron chi connectivity index (χ1n) is 8.46. The highest BCUT2D eigenvalue weighted by Crippen LogP contribution is 2.28. The van der Waals surface area contributed by atoms with Gasteiger partial charge in [0, 0.05) is 28.9 Å². The van der Waals surface area contributed by atoms with E-state index in [2.05, 4.69) is 20.3 Å². The molecule has 3 rings (SSSR count). The second kappa shape index (κ2) is 8.53. The molecule has 144 valence electrons. The van der Waals surface area contributed by atoms with Crippen LogP contribution < -0.4 is 21.5 Å². The number of halogens is 1. The van der Waals surface area contributed by atoms with Crippen molar-refractivity contribution in [3.63, 3.8) is 0 Å². The Bertz CT molecular complexity index is 994. The zero-order valence-electron chi connectivity index (χ0n) is 15.1. The number of nitrogens with one attached hydrogen (secondary N) is 1. The minimum Gasteiger partial charge on any atom is -0.476 e. The molecule has 9 heteroatoms. The van der Waals surface area contributed by atoms with Gasteiger partial charge in [-0.25, -0.2) is 9.97 Å². The summed E-state index contributed by atoms with van der Waals surface area (Å²) in [5.74, 6) is 0.587. The smallest absolute Gasteiger partial charge is 0.250 e. The zero-order chi connectivity index (χ0) is 20.1. The third-order valence-electron chi connectivity index (χ3n) is 3.97. The summed E-state index contributed by atoms with van der Waals surface area (Å²) in [6.45, 7) is 2.72. The van der Waals surface area contributed by atoms with E-state index in [9.17, 15) is 4.79 Å². The van der Waals surface area contributed by atoms with Crippen molar-refractivity contribution in [2.75, 3.05) is 24.2 Å². The van der Waals surface area contributed by atoms with Crippen LogP contribution in [0.4, 0.5) is 11.8 Å². The van der Waals surface area contributed by atoms with Gasteiger partial charge < -0.3 is 21.5 Å². The molecule has 0 aliphatic heterocycles. The van der Waals surface area contributed by atoms with E-state index in [-0.39, 0.29) is 5.95 Å². The fourth-order valence-corrected chi connectivity index (χ4v) is 2.70. The highest BCUT2D eigenvalue weighted by atomic mass is 35.5. The van der Waals surface area contributed by atoms with Crippen LogP contribution >= 0.6 is 11.6 Å². The number of nitrogens with zero attached hydrogens (tertiary/aromatic N) is 3. The van der Waals surface area contributed by atoms with Crippen molar-refractivity contribution in [3.05, 3.63) is 58.7 Å². The van der Waals surface area contributed by atoms with Crippen LogP contribution in [0.1, 0.15) is 15.9 Å². The minimum absolute atomic E-state index is 0.156. The number of anilines is 2. The number of carbonyl (C=O) groups is 1. The standard InChI is InChI=1S/C19H19ClN6O2/c1-11-13(3-2-4-14(11)20)15-9-16(26-19(22)25-15)23-7-8-28-17-6-5-12(10-24-17)18(21)27/h2-6,9-10H,7-8H2,1H3,(H2,21,27)(H3,22,23,25,26). The van der Waals surface area contributed by atoms with Crippen molar-refractivity contribution < 1.29 is 9.53 Å². The van der Waals surface area contributed by atoms with Crippen LogP contribution in [-0.4, -0.2) is 34.0 Å². The normalized spacial score (nSPS) is 10.5. The number of hydrogen-bond donors (Lipinski definition) is 3. The summed E-state index contributed by atoms with van der Waals surface area (Å²) < 4.78 is 5.52. The second-order valence-electron chi connectivity index (χ2n) is 5.93. The molecule has 28 heavy (non-hydrogen) atoms. The number of hydrogen-bond acceptors (Lipinski definition) is 7. The van der Waals surface area contributed by atoms with Crippen molar-refractivity contribution in [1.29, 1.82) is 0 Å². The topological polar surface area (TPSA) is 129 Å². The van der Waals surface area contributed by atoms with Crippen molar-refractivity contribution in [3.8, 4) is 17.1 Å². The molecule has 0 atom stereocenters. The predicted octanol–water partition coefficient (Wildman–Crippen LogP) is 2.67. The Morgan fingerprint density at radius 3 is 2.79 bits per heavy atom. The number of ether oxygens (including phenoxy) is 1. The summed E-state index contributed by atoms with van der Waals surface area (Å²) in [5.41, 5.74) is 13.8. The third-order valence-corrected chi connectivity index (χ3v) is 4.38. The lowest BCUT2D eigenvalue weighted by Crippen LogP contribution is -2.14. The van der Waals surface area contributed by atoms with Gasteiger partial charge in [0.05, 0.1) is 17.8 Å². The molecule has 0 aliphatic rings. The van der Waals surface area contributed by atoms with Gasteiger partial charge in [0.1, 0.15) is 12.4 Å². The van der Waals surface area contributed by atoms with Crippen LogP contribution in [0.15, 0.2) is 42.6 Å². The van der Waals surface area contributed by atoms with E-state index in [0.717, 1.165) is 11.1 Å². The molecule has 1 aromatic carbocycles. The molecule has 0 aliphatic carbocycles. The summed E-state index contributed by atoms with van der Waals surface area (Å²) in [6.07, 6.45) is 1.37. The Morgan fingerprint density at radius 1 is 1.25 bits per heavy atom. The maximum absolute atomic E-state index is 11.0. The minimum atomic E-state index is -0.534. The fraction of sp³-hybridized carbons (Fsp3) is 0.158. The molecule has 0 fully saturated rings. The Hall–Kier alpha value is -3.39. The fourth-order valence-electron chi connectivity index (χ4n) is 2.53. The maximum Gasteiger partial charge on any atom is 0.250 e. The molecule has 0 spiro atoms. The van der Waals surface area contributed by atoms with Crippen molar-refractivity contribution in [1.82, 2.24) is 15.0 Å². The molecule has 0 radical (unpaired) electrons. The quantitative estimate of drug-likeness (QED) is 0.521. The zero-order valence-corrected chi connectivity index (χ0v) is 15.9. The Balaban J connectivity index is 1.62. The Morgan fingerprint density at radius 2 is 2.07 bits per heavy atom. The number of rotatable bonds is 7.